The van der Waals surface area contributed by atoms with Crippen molar-refractivity contribution in [2.75, 3.05) is 20.8 Å². The first kappa shape index (κ1) is 13.6. The van der Waals surface area contributed by atoms with Gasteiger partial charge in [0.05, 0.1) is 20.8 Å². The Morgan fingerprint density at radius 3 is 2.35 bits per heavy atom. The Balaban J connectivity index is 3.07. The minimum atomic E-state index is 0.0754. The second-order valence-corrected chi connectivity index (χ2v) is 4.15. The summed E-state index contributed by atoms with van der Waals surface area (Å²) in [6, 6.07) is 5.70. The summed E-state index contributed by atoms with van der Waals surface area (Å²) >= 11 is 0. The maximum atomic E-state index is 9.26. The van der Waals surface area contributed by atoms with E-state index in [2.05, 4.69) is 13.8 Å². The van der Waals surface area contributed by atoms with Crippen molar-refractivity contribution in [3.63, 3.8) is 0 Å². The van der Waals surface area contributed by atoms with E-state index in [4.69, 9.17) is 9.47 Å². The zero-order valence-corrected chi connectivity index (χ0v) is 10.9. The van der Waals surface area contributed by atoms with Crippen molar-refractivity contribution in [1.29, 1.82) is 0 Å². The Kier molecular flexibility index (Phi) is 5.04. The van der Waals surface area contributed by atoms with Crippen LogP contribution in [0.4, 0.5) is 0 Å². The molecule has 0 fully saturated rings. The molecule has 0 bridgehead atoms. The summed E-state index contributed by atoms with van der Waals surface area (Å²) < 4.78 is 10.4. The lowest BCUT2D eigenvalue weighted by molar-refractivity contribution is 0.320. The van der Waals surface area contributed by atoms with Gasteiger partial charge in [-0.05, 0) is 29.2 Å². The topological polar surface area (TPSA) is 38.7 Å². The molecular weight excluding hydrogens is 216 g/mol. The molecule has 0 aliphatic rings. The molecule has 0 atom stereocenters. The van der Waals surface area contributed by atoms with E-state index in [1.54, 1.807) is 14.2 Å². The van der Waals surface area contributed by atoms with Gasteiger partial charge in [0, 0.05) is 0 Å². The fourth-order valence-electron chi connectivity index (χ4n) is 1.55. The lowest BCUT2D eigenvalue weighted by Crippen LogP contribution is -1.99. The SMILES string of the molecule is COc1ccc(C=C(CO)C(C)C)cc1OC. The first-order chi connectivity index (χ1) is 8.12. The van der Waals surface area contributed by atoms with Crippen molar-refractivity contribution in [3.8, 4) is 11.5 Å². The highest BCUT2D eigenvalue weighted by atomic mass is 16.5. The van der Waals surface area contributed by atoms with E-state index in [1.807, 2.05) is 24.3 Å². The lowest BCUT2D eigenvalue weighted by atomic mass is 10.0. The largest absolute Gasteiger partial charge is 0.493 e. The summed E-state index contributed by atoms with van der Waals surface area (Å²) in [7, 11) is 3.22. The van der Waals surface area contributed by atoms with Crippen LogP contribution in [-0.4, -0.2) is 25.9 Å². The first-order valence-electron chi connectivity index (χ1n) is 5.65. The zero-order valence-electron chi connectivity index (χ0n) is 10.9. The van der Waals surface area contributed by atoms with Crippen LogP contribution < -0.4 is 9.47 Å². The van der Waals surface area contributed by atoms with Crippen LogP contribution in [0, 0.1) is 5.92 Å². The molecule has 1 aromatic rings. The van der Waals surface area contributed by atoms with Gasteiger partial charge in [0.25, 0.3) is 0 Å². The van der Waals surface area contributed by atoms with Crippen LogP contribution >= 0.6 is 0 Å². The Bertz CT molecular complexity index is 394. The molecule has 1 rings (SSSR count). The van der Waals surface area contributed by atoms with Crippen LogP contribution in [0.2, 0.25) is 0 Å². The van der Waals surface area contributed by atoms with Crippen LogP contribution in [0.5, 0.6) is 11.5 Å². The summed E-state index contributed by atoms with van der Waals surface area (Å²) in [5, 5.41) is 9.26. The Morgan fingerprint density at radius 1 is 1.24 bits per heavy atom. The minimum Gasteiger partial charge on any atom is -0.493 e. The van der Waals surface area contributed by atoms with Crippen LogP contribution in [0.1, 0.15) is 19.4 Å². The molecular formula is C14H20O3. The number of hydrogen-bond acceptors (Lipinski definition) is 3. The molecule has 1 N–H and O–H groups in total. The van der Waals surface area contributed by atoms with Gasteiger partial charge in [-0.2, -0.15) is 0 Å². The predicted molar refractivity (Wildman–Crippen MR) is 69.4 cm³/mol. The molecule has 3 nitrogen and oxygen atoms in total. The normalized spacial score (nSPS) is 11.8. The highest BCUT2D eigenvalue weighted by molar-refractivity contribution is 5.58. The third kappa shape index (κ3) is 3.49. The van der Waals surface area contributed by atoms with Crippen molar-refractivity contribution in [3.05, 3.63) is 29.3 Å². The number of benzene rings is 1. The van der Waals surface area contributed by atoms with E-state index in [0.717, 1.165) is 11.1 Å². The molecule has 1 aromatic carbocycles. The first-order valence-corrected chi connectivity index (χ1v) is 5.65. The van der Waals surface area contributed by atoms with Gasteiger partial charge in [-0.25, -0.2) is 0 Å². The van der Waals surface area contributed by atoms with Crippen molar-refractivity contribution in [2.45, 2.75) is 13.8 Å². The molecule has 0 saturated heterocycles. The molecule has 0 aromatic heterocycles. The van der Waals surface area contributed by atoms with Gasteiger partial charge >= 0.3 is 0 Å². The molecule has 17 heavy (non-hydrogen) atoms. The molecule has 0 spiro atoms. The van der Waals surface area contributed by atoms with Gasteiger partial charge in [-0.1, -0.05) is 26.0 Å². The summed E-state index contributed by atoms with van der Waals surface area (Å²) in [5.41, 5.74) is 2.00. The summed E-state index contributed by atoms with van der Waals surface area (Å²) in [6.07, 6.45) is 1.98. The van der Waals surface area contributed by atoms with Crippen LogP contribution in [-0.2, 0) is 0 Å². The maximum absolute atomic E-state index is 9.26. The molecule has 94 valence electrons. The van der Waals surface area contributed by atoms with E-state index < -0.39 is 0 Å². The van der Waals surface area contributed by atoms with Gasteiger partial charge in [0.15, 0.2) is 11.5 Å². The standard InChI is InChI=1S/C14H20O3/c1-10(2)12(9-15)7-11-5-6-13(16-3)14(8-11)17-4/h5-8,10,15H,9H2,1-4H3. The van der Waals surface area contributed by atoms with Gasteiger partial charge < -0.3 is 14.6 Å². The lowest BCUT2D eigenvalue weighted by Gasteiger charge is -2.10. The number of aliphatic hydroxyl groups is 1. The van der Waals surface area contributed by atoms with Crippen molar-refractivity contribution in [1.82, 2.24) is 0 Å². The molecule has 0 saturated carbocycles. The van der Waals surface area contributed by atoms with Crippen molar-refractivity contribution >= 4 is 6.08 Å². The second kappa shape index (κ2) is 6.30. The predicted octanol–water partition coefficient (Wildman–Crippen LogP) is 2.74. The zero-order chi connectivity index (χ0) is 12.8. The van der Waals surface area contributed by atoms with Gasteiger partial charge in [0.1, 0.15) is 0 Å². The van der Waals surface area contributed by atoms with E-state index in [-0.39, 0.29) is 6.61 Å². The Hall–Kier alpha value is -1.48. The fourth-order valence-corrected chi connectivity index (χ4v) is 1.55. The smallest absolute Gasteiger partial charge is 0.161 e. The Labute approximate surface area is 103 Å². The van der Waals surface area contributed by atoms with Crippen LogP contribution in [0.3, 0.4) is 0 Å². The third-order valence-electron chi connectivity index (χ3n) is 2.68. The monoisotopic (exact) mass is 236 g/mol. The van der Waals surface area contributed by atoms with E-state index in [9.17, 15) is 5.11 Å². The highest BCUT2D eigenvalue weighted by Crippen LogP contribution is 2.28. The van der Waals surface area contributed by atoms with Crippen LogP contribution in [0.25, 0.3) is 6.08 Å². The highest BCUT2D eigenvalue weighted by Gasteiger charge is 2.05. The molecule has 3 heteroatoms. The number of ether oxygens (including phenoxy) is 2. The molecule has 0 aliphatic heterocycles. The minimum absolute atomic E-state index is 0.0754. The number of aliphatic hydroxyl groups excluding tert-OH is 1. The third-order valence-corrected chi connectivity index (χ3v) is 2.68. The molecule has 0 amide bonds. The van der Waals surface area contributed by atoms with Gasteiger partial charge in [-0.15, -0.1) is 0 Å². The average molecular weight is 236 g/mol. The van der Waals surface area contributed by atoms with E-state index >= 15 is 0 Å². The van der Waals surface area contributed by atoms with Gasteiger partial charge in [-0.3, -0.25) is 0 Å². The molecule has 0 aliphatic carbocycles. The molecule has 0 unspecified atom stereocenters. The van der Waals surface area contributed by atoms with E-state index in [1.165, 1.54) is 0 Å². The average Bonchev–Trinajstić information content (AvgIpc) is 2.35. The van der Waals surface area contributed by atoms with Crippen molar-refractivity contribution < 1.29 is 14.6 Å². The number of hydrogen-bond donors (Lipinski definition) is 1. The summed E-state index contributed by atoms with van der Waals surface area (Å²) in [5.74, 6) is 1.73. The van der Waals surface area contributed by atoms with Crippen molar-refractivity contribution in [2.24, 2.45) is 5.92 Å². The fraction of sp³-hybridized carbons (Fsp3) is 0.429. The number of rotatable bonds is 5. The second-order valence-electron chi connectivity index (χ2n) is 4.15. The quantitative estimate of drug-likeness (QED) is 0.854. The molecule has 0 heterocycles. The number of methoxy groups -OCH3 is 2. The molecule has 0 radical (unpaired) electrons. The summed E-state index contributed by atoms with van der Waals surface area (Å²) in [4.78, 5) is 0. The summed E-state index contributed by atoms with van der Waals surface area (Å²) in [6.45, 7) is 4.19. The van der Waals surface area contributed by atoms with E-state index in [0.29, 0.717) is 17.4 Å². The van der Waals surface area contributed by atoms with Crippen LogP contribution in [0.15, 0.2) is 23.8 Å². The van der Waals surface area contributed by atoms with Gasteiger partial charge in [0.2, 0.25) is 0 Å². The Morgan fingerprint density at radius 2 is 1.88 bits per heavy atom. The maximum Gasteiger partial charge on any atom is 0.161 e.